The Morgan fingerprint density at radius 2 is 1.72 bits per heavy atom. The molecule has 0 aliphatic rings. The van der Waals surface area contributed by atoms with Gasteiger partial charge in [-0.15, -0.1) is 11.3 Å². The maximum Gasteiger partial charge on any atom is 0.490 e. The fourth-order valence-corrected chi connectivity index (χ4v) is 6.66. The highest BCUT2D eigenvalue weighted by molar-refractivity contribution is 7.10. The minimum atomic E-state index is -5.47. The number of ether oxygens (including phenoxy) is 2. The lowest BCUT2D eigenvalue weighted by atomic mass is 9.81. The zero-order valence-electron chi connectivity index (χ0n) is 28.6. The Morgan fingerprint density at radius 1 is 1.06 bits per heavy atom. The second kappa shape index (κ2) is 16.3. The lowest BCUT2D eigenvalue weighted by Crippen LogP contribution is -3.00. The highest BCUT2D eigenvalue weighted by Gasteiger charge is 2.53. The average Bonchev–Trinajstić information content (AvgIpc) is 3.75. The Hall–Kier alpha value is -5.05. The number of benzene rings is 3. The number of rotatable bonds is 11. The summed E-state index contributed by atoms with van der Waals surface area (Å²) in [5, 5.41) is 13.9. The minimum absolute atomic E-state index is 0. The van der Waals surface area contributed by atoms with Crippen molar-refractivity contribution in [1.29, 1.82) is 5.26 Å². The lowest BCUT2D eigenvalue weighted by Gasteiger charge is -2.36. The van der Waals surface area contributed by atoms with Crippen LogP contribution in [-0.4, -0.2) is 39.2 Å². The van der Waals surface area contributed by atoms with Crippen LogP contribution >= 0.6 is 11.3 Å². The van der Waals surface area contributed by atoms with E-state index in [0.717, 1.165) is 29.0 Å². The van der Waals surface area contributed by atoms with Crippen LogP contribution in [0.15, 0.2) is 66.3 Å². The van der Waals surface area contributed by atoms with E-state index in [2.05, 4.69) is 15.1 Å². The predicted molar refractivity (Wildman–Crippen MR) is 178 cm³/mol. The van der Waals surface area contributed by atoms with Gasteiger partial charge in [-0.25, -0.2) is 23.4 Å². The van der Waals surface area contributed by atoms with Gasteiger partial charge in [0.25, 0.3) is 5.82 Å². The minimum Gasteiger partial charge on any atom is -1.00 e. The summed E-state index contributed by atoms with van der Waals surface area (Å²) >= 11 is 1.04. The molecule has 0 saturated carbocycles. The molecule has 0 spiro atoms. The van der Waals surface area contributed by atoms with Gasteiger partial charge < -0.3 is 32.2 Å². The van der Waals surface area contributed by atoms with E-state index >= 15 is 4.39 Å². The number of thiazole rings is 1. The van der Waals surface area contributed by atoms with Crippen LogP contribution in [0.4, 0.5) is 22.0 Å². The van der Waals surface area contributed by atoms with E-state index in [1.165, 1.54) is 24.9 Å². The van der Waals surface area contributed by atoms with Gasteiger partial charge in [0.2, 0.25) is 0 Å². The first-order valence-corrected chi connectivity index (χ1v) is 16.6. The van der Waals surface area contributed by atoms with E-state index in [0.29, 0.717) is 45.6 Å². The van der Waals surface area contributed by atoms with Gasteiger partial charge in [-0.05, 0) is 66.7 Å². The van der Waals surface area contributed by atoms with Crippen molar-refractivity contribution in [2.45, 2.75) is 64.4 Å². The molecule has 0 amide bonds. The second-order valence-electron chi connectivity index (χ2n) is 12.3. The molecular weight excluding hydrogens is 787 g/mol. The summed E-state index contributed by atoms with van der Waals surface area (Å²) in [6.45, 7) is 5.80. The number of hydrogen-bond acceptors (Lipinski definition) is 9. The molecule has 2 aromatic heterocycles. The number of hydrogen-bond donors (Lipinski definition) is 2. The molecule has 5 aromatic rings. The Balaban J connectivity index is 0.00000627. The molecule has 278 valence electrons. The first kappa shape index (κ1) is 40.7. The number of alkyl halides is 3. The smallest absolute Gasteiger partial charge is 0.490 e. The molecule has 3 N–H and O–H groups in total. The van der Waals surface area contributed by atoms with Gasteiger partial charge in [-0.2, -0.15) is 28.2 Å². The van der Waals surface area contributed by atoms with Gasteiger partial charge in [0.1, 0.15) is 28.4 Å². The molecule has 0 bridgehead atoms. The highest BCUT2D eigenvalue weighted by Crippen LogP contribution is 2.45. The van der Waals surface area contributed by atoms with Crippen LogP contribution in [0.2, 0.25) is 0 Å². The van der Waals surface area contributed by atoms with Crippen LogP contribution in [0.3, 0.4) is 0 Å². The topological polar surface area (TPSA) is 148 Å². The molecule has 5 rings (SSSR count). The van der Waals surface area contributed by atoms with Crippen molar-refractivity contribution >= 4 is 23.3 Å². The molecule has 17 heteroatoms. The van der Waals surface area contributed by atoms with E-state index < -0.39 is 59.4 Å². The first-order chi connectivity index (χ1) is 24.5. The fourth-order valence-electron chi connectivity index (χ4n) is 5.69. The molecule has 3 unspecified atom stereocenters. The van der Waals surface area contributed by atoms with Crippen LogP contribution in [0.1, 0.15) is 58.4 Å². The largest absolute Gasteiger partial charge is 1.00 e. The summed E-state index contributed by atoms with van der Waals surface area (Å²) in [4.78, 5) is 33.7. The zero-order chi connectivity index (χ0) is 38.0. The van der Waals surface area contributed by atoms with Gasteiger partial charge in [0.05, 0.1) is 29.7 Å². The third-order valence-electron chi connectivity index (χ3n) is 8.29. The number of esters is 2. The van der Waals surface area contributed by atoms with Crippen molar-refractivity contribution in [2.24, 2.45) is 5.73 Å². The maximum atomic E-state index is 15.7. The summed E-state index contributed by atoms with van der Waals surface area (Å²) in [6, 6.07) is 13.4. The molecule has 2 heterocycles. The molecular formula is C36H32BrF5N6O4S. The standard InChI is InChI=1S/C36H31F5N6O4S.BrH/c1-19-11-24(12-20(2)31(19)50-33(48)22(4)43)13-30-44-18-47(46-30)17-35(51-34(49)36(39,40)41,27-10-9-26(37)14-28(27)38)21(3)32-45-29(16-52-32)25-7-5-23(15-42)6-8-25;/h5-12,14,16,18,21-22H,13,17,43H2,1-4H3;1H. The van der Waals surface area contributed by atoms with Gasteiger partial charge in [-0.1, -0.05) is 31.2 Å². The molecule has 3 aromatic carbocycles. The van der Waals surface area contributed by atoms with Gasteiger partial charge in [0.15, 0.2) is 12.1 Å². The van der Waals surface area contributed by atoms with E-state index in [1.807, 2.05) is 6.07 Å². The number of aromatic amines is 1. The average molecular weight is 820 g/mol. The summed E-state index contributed by atoms with van der Waals surface area (Å²) in [6.07, 6.45) is -4.03. The normalized spacial score (nSPS) is 13.6. The maximum absolute atomic E-state index is 15.7. The Bertz CT molecular complexity index is 2140. The number of nitrogens with two attached hydrogens (primary N) is 1. The molecule has 0 saturated heterocycles. The van der Waals surface area contributed by atoms with Crippen molar-refractivity contribution < 1.29 is 62.7 Å². The Kier molecular flexibility index (Phi) is 12.5. The molecule has 10 nitrogen and oxygen atoms in total. The third kappa shape index (κ3) is 9.13. The van der Waals surface area contributed by atoms with Crippen molar-refractivity contribution in [2.75, 3.05) is 0 Å². The molecule has 0 aliphatic carbocycles. The van der Waals surface area contributed by atoms with Crippen molar-refractivity contribution in [3.05, 3.63) is 117 Å². The molecule has 53 heavy (non-hydrogen) atoms. The number of halogens is 6. The number of aryl methyl sites for hydroxylation is 2. The third-order valence-corrected chi connectivity index (χ3v) is 9.32. The van der Waals surface area contributed by atoms with E-state index in [9.17, 15) is 27.2 Å². The number of nitriles is 1. The Labute approximate surface area is 315 Å². The highest BCUT2D eigenvalue weighted by atomic mass is 79.9. The quantitative estimate of drug-likeness (QED) is 0.0895. The van der Waals surface area contributed by atoms with Crippen LogP contribution in [0.5, 0.6) is 5.75 Å². The molecule has 0 fully saturated rings. The van der Waals surface area contributed by atoms with E-state index in [1.54, 1.807) is 55.6 Å². The van der Waals surface area contributed by atoms with Crippen LogP contribution < -0.4 is 32.1 Å². The SMILES string of the molecule is Cc1cc(Cc2nc[n+](CC(OC(=O)C(F)(F)F)(c3ccc(F)cc3F)C(C)c3nc(-c4ccc(C#N)cc4)cs3)[nH]2)cc(C)c1OC(=O)C(C)N.[Br-]. The summed E-state index contributed by atoms with van der Waals surface area (Å²) in [5.74, 6) is -5.99. The van der Waals surface area contributed by atoms with Gasteiger partial charge in [0, 0.05) is 22.6 Å². The summed E-state index contributed by atoms with van der Waals surface area (Å²) < 4.78 is 83.4. The van der Waals surface area contributed by atoms with Gasteiger partial charge in [-0.3, -0.25) is 0 Å². The summed E-state index contributed by atoms with van der Waals surface area (Å²) in [7, 11) is 0. The van der Waals surface area contributed by atoms with E-state index in [4.69, 9.17) is 20.5 Å². The van der Waals surface area contributed by atoms with E-state index in [-0.39, 0.29) is 28.4 Å². The Morgan fingerprint density at radius 3 is 2.30 bits per heavy atom. The second-order valence-corrected chi connectivity index (χ2v) is 13.1. The number of aromatic nitrogens is 4. The predicted octanol–water partition coefficient (Wildman–Crippen LogP) is 3.24. The summed E-state index contributed by atoms with van der Waals surface area (Å²) in [5.41, 5.74) is 6.09. The number of carbonyl (C=O) groups excluding carboxylic acids is 2. The number of carbonyl (C=O) groups is 2. The number of H-pyrrole nitrogens is 1. The van der Waals surface area contributed by atoms with Crippen molar-refractivity contribution in [1.82, 2.24) is 15.1 Å². The monoisotopic (exact) mass is 818 g/mol. The fraction of sp³-hybridized carbons (Fsp3) is 0.278. The zero-order valence-corrected chi connectivity index (χ0v) is 31.0. The molecule has 0 aliphatic heterocycles. The molecule has 0 radical (unpaired) electrons. The first-order valence-electron chi connectivity index (χ1n) is 15.7. The lowest BCUT2D eigenvalue weighted by molar-refractivity contribution is -0.764. The van der Waals surface area contributed by atoms with Crippen LogP contribution in [0.25, 0.3) is 11.3 Å². The van der Waals surface area contributed by atoms with Crippen LogP contribution in [0, 0.1) is 36.8 Å². The van der Waals surface area contributed by atoms with Gasteiger partial charge >= 0.3 is 24.4 Å². The van der Waals surface area contributed by atoms with Crippen molar-refractivity contribution in [3.8, 4) is 23.1 Å². The van der Waals surface area contributed by atoms with Crippen molar-refractivity contribution in [3.63, 3.8) is 0 Å². The number of nitrogens with zero attached hydrogens (tertiary/aromatic N) is 4. The van der Waals surface area contributed by atoms with Crippen LogP contribution in [-0.2, 0) is 32.9 Å². The number of nitrogens with one attached hydrogen (secondary N) is 1. The molecule has 3 atom stereocenters.